The Labute approximate surface area is 207 Å². The minimum absolute atomic E-state index is 0.0397. The van der Waals surface area contributed by atoms with Crippen LogP contribution in [0.2, 0.25) is 0 Å². The van der Waals surface area contributed by atoms with Crippen LogP contribution in [0.4, 0.5) is 0 Å². The number of aryl methyl sites for hydroxylation is 1. The lowest BCUT2D eigenvalue weighted by Gasteiger charge is -2.28. The minimum atomic E-state index is 0.0397. The van der Waals surface area contributed by atoms with Crippen molar-refractivity contribution in [3.63, 3.8) is 0 Å². The Morgan fingerprint density at radius 2 is 1.18 bits per heavy atom. The zero-order valence-corrected chi connectivity index (χ0v) is 22.8. The van der Waals surface area contributed by atoms with Crippen molar-refractivity contribution in [2.75, 3.05) is 0 Å². The molecule has 0 saturated heterocycles. The summed E-state index contributed by atoms with van der Waals surface area (Å²) in [5.74, 6) is 0. The summed E-state index contributed by atoms with van der Waals surface area (Å²) in [6.45, 7) is 21.5. The largest absolute Gasteiger partial charge is 0.0610 e. The molecule has 0 radical (unpaired) electrons. The van der Waals surface area contributed by atoms with Gasteiger partial charge in [-0.05, 0) is 91.0 Å². The van der Waals surface area contributed by atoms with Crippen LogP contribution in [-0.4, -0.2) is 0 Å². The highest BCUT2D eigenvalue weighted by molar-refractivity contribution is 5.81. The molecule has 0 spiro atoms. The number of benzene rings is 3. The number of rotatable bonds is 2. The van der Waals surface area contributed by atoms with Crippen LogP contribution in [0.25, 0.3) is 22.3 Å². The molecule has 2 aliphatic carbocycles. The summed E-state index contributed by atoms with van der Waals surface area (Å²) in [6.07, 6.45) is 3.64. The van der Waals surface area contributed by atoms with Gasteiger partial charge in [0, 0.05) is 0 Å². The van der Waals surface area contributed by atoms with Gasteiger partial charge in [0.15, 0.2) is 0 Å². The van der Waals surface area contributed by atoms with E-state index in [1.54, 1.807) is 0 Å². The van der Waals surface area contributed by atoms with Gasteiger partial charge in [-0.3, -0.25) is 0 Å². The Balaban J connectivity index is 1.70. The van der Waals surface area contributed by atoms with Crippen molar-refractivity contribution in [2.24, 2.45) is 0 Å². The fourth-order valence-corrected chi connectivity index (χ4v) is 7.21. The van der Waals surface area contributed by atoms with E-state index in [-0.39, 0.29) is 16.2 Å². The number of hydrogen-bond donors (Lipinski definition) is 0. The van der Waals surface area contributed by atoms with Crippen LogP contribution in [0, 0.1) is 0 Å². The van der Waals surface area contributed by atoms with Gasteiger partial charge in [0.25, 0.3) is 0 Å². The van der Waals surface area contributed by atoms with Crippen LogP contribution >= 0.6 is 0 Å². The molecular weight excluding hydrogens is 408 g/mol. The molecule has 0 bridgehead atoms. The van der Waals surface area contributed by atoms with Gasteiger partial charge in [-0.25, -0.2) is 0 Å². The standard InChI is InChI=1S/C34H42/c1-31(2,3)30-25(22-13-15-27-24(19-22)17-18-32(27,4)5)11-10-12-26(30)23-14-16-28-29(20-23)34(8,9)21-33(28,6)7/h10-16,19-20H,17-18,21H2,1-9H3. The molecule has 0 nitrogen and oxygen atoms in total. The summed E-state index contributed by atoms with van der Waals surface area (Å²) < 4.78 is 0. The van der Waals surface area contributed by atoms with E-state index >= 15 is 0 Å². The zero-order chi connectivity index (χ0) is 24.7. The fraction of sp³-hybridized carbons (Fsp3) is 0.471. The van der Waals surface area contributed by atoms with E-state index < -0.39 is 0 Å². The van der Waals surface area contributed by atoms with E-state index in [1.165, 1.54) is 69.3 Å². The van der Waals surface area contributed by atoms with Crippen LogP contribution in [0.3, 0.4) is 0 Å². The van der Waals surface area contributed by atoms with Crippen molar-refractivity contribution in [2.45, 2.75) is 103 Å². The average molecular weight is 451 g/mol. The minimum Gasteiger partial charge on any atom is -0.0610 e. The van der Waals surface area contributed by atoms with Gasteiger partial charge in [0.1, 0.15) is 0 Å². The van der Waals surface area contributed by atoms with Crippen molar-refractivity contribution in [1.29, 1.82) is 0 Å². The molecule has 178 valence electrons. The molecule has 0 heterocycles. The first-order valence-electron chi connectivity index (χ1n) is 13.1. The van der Waals surface area contributed by atoms with E-state index in [0.717, 1.165) is 0 Å². The molecule has 0 atom stereocenters. The van der Waals surface area contributed by atoms with E-state index in [1.807, 2.05) is 0 Å². The molecule has 5 rings (SSSR count). The van der Waals surface area contributed by atoms with E-state index in [2.05, 4.69) is 117 Å². The van der Waals surface area contributed by atoms with Gasteiger partial charge >= 0.3 is 0 Å². The van der Waals surface area contributed by atoms with E-state index in [9.17, 15) is 0 Å². The molecule has 2 aliphatic rings. The Kier molecular flexibility index (Phi) is 5.05. The predicted molar refractivity (Wildman–Crippen MR) is 148 cm³/mol. The quantitative estimate of drug-likeness (QED) is 0.364. The lowest BCUT2D eigenvalue weighted by atomic mass is 9.76. The second-order valence-corrected chi connectivity index (χ2v) is 13.9. The van der Waals surface area contributed by atoms with Gasteiger partial charge in [0.2, 0.25) is 0 Å². The van der Waals surface area contributed by atoms with Gasteiger partial charge in [-0.1, -0.05) is 117 Å². The molecule has 34 heavy (non-hydrogen) atoms. The SMILES string of the molecule is CC(C)(C)c1c(-c2ccc3c(c2)CCC3(C)C)cccc1-c1ccc2c(c1)C(C)(C)CC2(C)C. The number of hydrogen-bond acceptors (Lipinski definition) is 0. The topological polar surface area (TPSA) is 0 Å². The van der Waals surface area contributed by atoms with Gasteiger partial charge in [-0.15, -0.1) is 0 Å². The monoisotopic (exact) mass is 450 g/mol. The molecule has 0 aromatic heterocycles. The molecule has 0 N–H and O–H groups in total. The summed E-state index contributed by atoms with van der Waals surface area (Å²) in [5.41, 5.74) is 13.9. The fourth-order valence-electron chi connectivity index (χ4n) is 7.21. The van der Waals surface area contributed by atoms with Crippen LogP contribution in [0.15, 0.2) is 54.6 Å². The highest BCUT2D eigenvalue weighted by Crippen LogP contribution is 2.51. The van der Waals surface area contributed by atoms with E-state index in [0.29, 0.717) is 5.41 Å². The Morgan fingerprint density at radius 1 is 0.618 bits per heavy atom. The normalized spacial score (nSPS) is 19.7. The molecule has 0 heteroatoms. The van der Waals surface area contributed by atoms with E-state index in [4.69, 9.17) is 0 Å². The first-order chi connectivity index (χ1) is 15.7. The summed E-state index contributed by atoms with van der Waals surface area (Å²) in [6, 6.07) is 21.5. The molecule has 0 saturated carbocycles. The molecule has 0 aliphatic heterocycles. The summed E-state index contributed by atoms with van der Waals surface area (Å²) in [7, 11) is 0. The first-order valence-corrected chi connectivity index (χ1v) is 13.1. The Bertz CT molecular complexity index is 1270. The van der Waals surface area contributed by atoms with Gasteiger partial charge < -0.3 is 0 Å². The van der Waals surface area contributed by atoms with Crippen LogP contribution < -0.4 is 0 Å². The molecule has 3 aromatic rings. The summed E-state index contributed by atoms with van der Waals surface area (Å²) in [5, 5.41) is 0. The third kappa shape index (κ3) is 3.65. The zero-order valence-electron chi connectivity index (χ0n) is 22.8. The lowest BCUT2D eigenvalue weighted by molar-refractivity contribution is 0.403. The molecule has 3 aromatic carbocycles. The van der Waals surface area contributed by atoms with Crippen molar-refractivity contribution in [3.05, 3.63) is 82.4 Å². The molecule has 0 amide bonds. The van der Waals surface area contributed by atoms with Crippen LogP contribution in [0.1, 0.15) is 103 Å². The predicted octanol–water partition coefficient (Wildman–Crippen LogP) is 9.50. The molecule has 0 fully saturated rings. The number of fused-ring (bicyclic) bond motifs is 2. The molecular formula is C34H42. The molecule has 0 unspecified atom stereocenters. The van der Waals surface area contributed by atoms with Crippen molar-refractivity contribution in [1.82, 2.24) is 0 Å². The average Bonchev–Trinajstić information content (AvgIpc) is 3.15. The first kappa shape index (κ1) is 23.4. The Morgan fingerprint density at radius 3 is 1.79 bits per heavy atom. The van der Waals surface area contributed by atoms with Gasteiger partial charge in [0.05, 0.1) is 0 Å². The van der Waals surface area contributed by atoms with Crippen LogP contribution in [0.5, 0.6) is 0 Å². The van der Waals surface area contributed by atoms with Crippen LogP contribution in [-0.2, 0) is 28.1 Å². The highest BCUT2D eigenvalue weighted by Gasteiger charge is 2.42. The third-order valence-electron chi connectivity index (χ3n) is 8.65. The maximum absolute atomic E-state index is 2.50. The third-order valence-corrected chi connectivity index (χ3v) is 8.65. The second kappa shape index (κ2) is 7.33. The van der Waals surface area contributed by atoms with Crippen molar-refractivity contribution in [3.8, 4) is 22.3 Å². The maximum atomic E-state index is 2.50. The smallest absolute Gasteiger partial charge is 0.00921 e. The van der Waals surface area contributed by atoms with Crippen molar-refractivity contribution >= 4 is 0 Å². The second-order valence-electron chi connectivity index (χ2n) is 13.9. The maximum Gasteiger partial charge on any atom is -0.00921 e. The lowest BCUT2D eigenvalue weighted by Crippen LogP contribution is -2.18. The Hall–Kier alpha value is -2.34. The van der Waals surface area contributed by atoms with Crippen molar-refractivity contribution < 1.29 is 0 Å². The summed E-state index contributed by atoms with van der Waals surface area (Å²) in [4.78, 5) is 0. The van der Waals surface area contributed by atoms with Gasteiger partial charge in [-0.2, -0.15) is 0 Å². The summed E-state index contributed by atoms with van der Waals surface area (Å²) >= 11 is 0. The highest BCUT2D eigenvalue weighted by atomic mass is 14.5.